The fourth-order valence-corrected chi connectivity index (χ4v) is 3.05. The summed E-state index contributed by atoms with van der Waals surface area (Å²) in [5.74, 6) is 0.403. The quantitative estimate of drug-likeness (QED) is 0.743. The zero-order valence-electron chi connectivity index (χ0n) is 14.7. The molecule has 0 saturated carbocycles. The molecule has 8 heteroatoms. The minimum atomic E-state index is -0.340. The van der Waals surface area contributed by atoms with Crippen molar-refractivity contribution in [3.05, 3.63) is 35.4 Å². The molecule has 0 N–H and O–H groups in total. The van der Waals surface area contributed by atoms with E-state index < -0.39 is 0 Å². The van der Waals surface area contributed by atoms with Gasteiger partial charge >= 0.3 is 0 Å². The predicted octanol–water partition coefficient (Wildman–Crippen LogP) is 1.75. The first kappa shape index (κ1) is 17.5. The zero-order valence-corrected chi connectivity index (χ0v) is 14.7. The summed E-state index contributed by atoms with van der Waals surface area (Å²) in [7, 11) is 0. The summed E-state index contributed by atoms with van der Waals surface area (Å²) in [5, 5.41) is 11.9. The van der Waals surface area contributed by atoms with Crippen LogP contribution in [0.4, 0.5) is 10.1 Å². The molecule has 0 aliphatic carbocycles. The number of benzene rings is 1. The van der Waals surface area contributed by atoms with Crippen LogP contribution in [0.3, 0.4) is 0 Å². The number of rotatable bonds is 6. The normalized spacial score (nSPS) is 15.6. The molecule has 1 aliphatic heterocycles. The SMILES string of the molecule is CCCn1nnnc1CN1CCN(c2ccc(C(C)=O)cc2F)CC1. The number of aromatic nitrogens is 4. The van der Waals surface area contributed by atoms with E-state index in [2.05, 4.69) is 27.3 Å². The van der Waals surface area contributed by atoms with Crippen LogP contribution in [0.25, 0.3) is 0 Å². The molecule has 3 rings (SSSR count). The molecule has 1 aromatic carbocycles. The Morgan fingerprint density at radius 2 is 2.00 bits per heavy atom. The van der Waals surface area contributed by atoms with Crippen molar-refractivity contribution >= 4 is 11.5 Å². The van der Waals surface area contributed by atoms with Crippen LogP contribution in [0.15, 0.2) is 18.2 Å². The maximum atomic E-state index is 14.3. The van der Waals surface area contributed by atoms with Gasteiger partial charge < -0.3 is 4.90 Å². The Balaban J connectivity index is 1.60. The van der Waals surface area contributed by atoms with E-state index in [9.17, 15) is 9.18 Å². The molecule has 1 aromatic heterocycles. The fraction of sp³-hybridized carbons (Fsp3) is 0.529. The van der Waals surface area contributed by atoms with Crippen molar-refractivity contribution in [1.29, 1.82) is 0 Å². The summed E-state index contributed by atoms with van der Waals surface area (Å²) in [6.07, 6.45) is 0.987. The summed E-state index contributed by atoms with van der Waals surface area (Å²) in [5.41, 5.74) is 0.961. The minimum absolute atomic E-state index is 0.125. The summed E-state index contributed by atoms with van der Waals surface area (Å²) in [4.78, 5) is 15.6. The molecule has 0 unspecified atom stereocenters. The van der Waals surface area contributed by atoms with E-state index in [4.69, 9.17) is 0 Å². The van der Waals surface area contributed by atoms with Crippen molar-refractivity contribution in [3.63, 3.8) is 0 Å². The van der Waals surface area contributed by atoms with Gasteiger partial charge in [-0.15, -0.1) is 5.10 Å². The number of piperazine rings is 1. The number of halogens is 1. The third-order valence-electron chi connectivity index (χ3n) is 4.47. The van der Waals surface area contributed by atoms with Crippen molar-refractivity contribution in [2.45, 2.75) is 33.4 Å². The first-order valence-electron chi connectivity index (χ1n) is 8.61. The van der Waals surface area contributed by atoms with Gasteiger partial charge in [0.15, 0.2) is 11.6 Å². The van der Waals surface area contributed by atoms with Crippen LogP contribution >= 0.6 is 0 Å². The summed E-state index contributed by atoms with van der Waals surface area (Å²) in [6, 6.07) is 4.71. The number of carbonyl (C=O) groups is 1. The lowest BCUT2D eigenvalue weighted by atomic mass is 10.1. The first-order valence-corrected chi connectivity index (χ1v) is 8.61. The van der Waals surface area contributed by atoms with Gasteiger partial charge in [-0.25, -0.2) is 9.07 Å². The first-order chi connectivity index (χ1) is 12.1. The molecule has 0 spiro atoms. The molecule has 7 nitrogen and oxygen atoms in total. The Morgan fingerprint density at radius 1 is 1.24 bits per heavy atom. The van der Waals surface area contributed by atoms with E-state index in [1.165, 1.54) is 13.0 Å². The number of ketones is 1. The monoisotopic (exact) mass is 346 g/mol. The summed E-state index contributed by atoms with van der Waals surface area (Å²) < 4.78 is 16.1. The molecular formula is C17H23FN6O. The largest absolute Gasteiger partial charge is 0.367 e. The highest BCUT2D eigenvalue weighted by Gasteiger charge is 2.21. The van der Waals surface area contributed by atoms with Crippen molar-refractivity contribution in [3.8, 4) is 0 Å². The van der Waals surface area contributed by atoms with E-state index in [0.717, 1.165) is 45.0 Å². The van der Waals surface area contributed by atoms with Gasteiger partial charge in [-0.3, -0.25) is 9.69 Å². The van der Waals surface area contributed by atoms with Crippen LogP contribution in [0.1, 0.15) is 36.5 Å². The van der Waals surface area contributed by atoms with E-state index in [1.54, 1.807) is 12.1 Å². The molecule has 1 fully saturated rings. The summed E-state index contributed by atoms with van der Waals surface area (Å²) >= 11 is 0. The van der Waals surface area contributed by atoms with Gasteiger partial charge in [-0.1, -0.05) is 6.92 Å². The van der Waals surface area contributed by atoms with E-state index in [-0.39, 0.29) is 11.6 Å². The molecule has 0 radical (unpaired) electrons. The van der Waals surface area contributed by atoms with Crippen LogP contribution in [-0.2, 0) is 13.1 Å². The smallest absolute Gasteiger partial charge is 0.165 e. The number of nitrogens with zero attached hydrogens (tertiary/aromatic N) is 6. The van der Waals surface area contributed by atoms with Gasteiger partial charge in [0, 0.05) is 38.3 Å². The van der Waals surface area contributed by atoms with Gasteiger partial charge in [0.25, 0.3) is 0 Å². The number of hydrogen-bond acceptors (Lipinski definition) is 6. The molecule has 0 amide bonds. The lowest BCUT2D eigenvalue weighted by Gasteiger charge is -2.35. The maximum absolute atomic E-state index is 14.3. The van der Waals surface area contributed by atoms with Crippen LogP contribution < -0.4 is 4.90 Å². The zero-order chi connectivity index (χ0) is 17.8. The average molecular weight is 346 g/mol. The maximum Gasteiger partial charge on any atom is 0.165 e. The molecule has 1 aliphatic rings. The van der Waals surface area contributed by atoms with Crippen molar-refractivity contribution in [2.24, 2.45) is 0 Å². The second-order valence-electron chi connectivity index (χ2n) is 6.30. The van der Waals surface area contributed by atoms with Gasteiger partial charge in [0.2, 0.25) is 0 Å². The van der Waals surface area contributed by atoms with Crippen LogP contribution in [-0.4, -0.2) is 57.1 Å². The molecule has 2 aromatic rings. The van der Waals surface area contributed by atoms with E-state index in [1.807, 2.05) is 9.58 Å². The topological polar surface area (TPSA) is 67.2 Å². The van der Waals surface area contributed by atoms with Gasteiger partial charge in [-0.2, -0.15) is 0 Å². The lowest BCUT2D eigenvalue weighted by molar-refractivity contribution is 0.101. The number of hydrogen-bond donors (Lipinski definition) is 0. The van der Waals surface area contributed by atoms with Gasteiger partial charge in [0.05, 0.1) is 12.2 Å². The molecule has 134 valence electrons. The minimum Gasteiger partial charge on any atom is -0.367 e. The Labute approximate surface area is 146 Å². The molecule has 25 heavy (non-hydrogen) atoms. The average Bonchev–Trinajstić information content (AvgIpc) is 3.03. The second-order valence-corrected chi connectivity index (χ2v) is 6.30. The Bertz CT molecular complexity index is 738. The van der Waals surface area contributed by atoms with Gasteiger partial charge in [-0.05, 0) is 42.0 Å². The fourth-order valence-electron chi connectivity index (χ4n) is 3.05. The van der Waals surface area contributed by atoms with Crippen LogP contribution in [0.2, 0.25) is 0 Å². The highest BCUT2D eigenvalue weighted by molar-refractivity contribution is 5.94. The van der Waals surface area contributed by atoms with Crippen molar-refractivity contribution < 1.29 is 9.18 Å². The second kappa shape index (κ2) is 7.69. The van der Waals surface area contributed by atoms with Crippen LogP contribution in [0, 0.1) is 5.82 Å². The van der Waals surface area contributed by atoms with Crippen molar-refractivity contribution in [2.75, 3.05) is 31.1 Å². The highest BCUT2D eigenvalue weighted by Crippen LogP contribution is 2.22. The Kier molecular flexibility index (Phi) is 5.37. The highest BCUT2D eigenvalue weighted by atomic mass is 19.1. The van der Waals surface area contributed by atoms with Gasteiger partial charge in [0.1, 0.15) is 5.82 Å². The molecule has 0 atom stereocenters. The third-order valence-corrected chi connectivity index (χ3v) is 4.47. The number of aryl methyl sites for hydroxylation is 1. The predicted molar refractivity (Wildman–Crippen MR) is 92.0 cm³/mol. The summed E-state index contributed by atoms with van der Waals surface area (Å²) in [6.45, 7) is 8.13. The molecule has 1 saturated heterocycles. The van der Waals surface area contributed by atoms with E-state index >= 15 is 0 Å². The standard InChI is InChI=1S/C17H23FN6O/c1-3-6-24-17(19-20-21-24)12-22-7-9-23(10-8-22)16-5-4-14(13(2)25)11-15(16)18/h4-5,11H,3,6-10,12H2,1-2H3. The lowest BCUT2D eigenvalue weighted by Crippen LogP contribution is -2.46. The number of anilines is 1. The Morgan fingerprint density at radius 3 is 2.64 bits per heavy atom. The number of tetrazole rings is 1. The van der Waals surface area contributed by atoms with Crippen molar-refractivity contribution in [1.82, 2.24) is 25.1 Å². The number of carbonyl (C=O) groups excluding carboxylic acids is 1. The molecule has 0 bridgehead atoms. The molecule has 2 heterocycles. The van der Waals surface area contributed by atoms with E-state index in [0.29, 0.717) is 17.8 Å². The molecular weight excluding hydrogens is 323 g/mol. The Hall–Kier alpha value is -2.35. The number of Topliss-reactive ketones (excluding diaryl/α,β-unsaturated/α-hetero) is 1. The van der Waals surface area contributed by atoms with Crippen LogP contribution in [0.5, 0.6) is 0 Å². The third kappa shape index (κ3) is 4.01.